The average molecular weight is 441 g/mol. The van der Waals surface area contributed by atoms with Crippen LogP contribution >= 0.6 is 0 Å². The topological polar surface area (TPSA) is 84.9 Å². The average Bonchev–Trinajstić information content (AvgIpc) is 2.78. The molecule has 3 aromatic carbocycles. The van der Waals surface area contributed by atoms with Crippen molar-refractivity contribution in [1.29, 1.82) is 0 Å². The number of carbonyl (C=O) groups excluding carboxylic acids is 1. The fourth-order valence-electron chi connectivity index (χ4n) is 2.97. The number of para-hydroxylation sites is 2. The van der Waals surface area contributed by atoms with Gasteiger partial charge in [-0.3, -0.25) is 9.10 Å². The Morgan fingerprint density at radius 3 is 2.16 bits per heavy atom. The molecule has 3 aromatic rings. The predicted molar refractivity (Wildman–Crippen MR) is 120 cm³/mol. The first-order valence-electron chi connectivity index (χ1n) is 9.51. The molecular formula is C23H24N2O5S. The minimum Gasteiger partial charge on any atom is -0.497 e. The number of nitrogens with zero attached hydrogens (tertiary/aromatic N) is 1. The zero-order chi connectivity index (χ0) is 22.4. The van der Waals surface area contributed by atoms with Gasteiger partial charge < -0.3 is 14.8 Å². The molecule has 0 atom stereocenters. The first-order chi connectivity index (χ1) is 14.8. The summed E-state index contributed by atoms with van der Waals surface area (Å²) in [7, 11) is -0.972. The minimum atomic E-state index is -3.99. The van der Waals surface area contributed by atoms with Crippen molar-refractivity contribution in [1.82, 2.24) is 0 Å². The summed E-state index contributed by atoms with van der Waals surface area (Å²) in [6, 6.07) is 19.9. The molecule has 0 saturated heterocycles. The molecular weight excluding hydrogens is 416 g/mol. The molecule has 0 saturated carbocycles. The van der Waals surface area contributed by atoms with Crippen molar-refractivity contribution in [2.75, 3.05) is 30.4 Å². The number of nitrogens with one attached hydrogen (secondary N) is 1. The van der Waals surface area contributed by atoms with E-state index in [0.29, 0.717) is 22.9 Å². The summed E-state index contributed by atoms with van der Waals surface area (Å²) >= 11 is 0. The number of amides is 1. The van der Waals surface area contributed by atoms with Gasteiger partial charge in [0.25, 0.3) is 10.0 Å². The number of ether oxygens (including phenoxy) is 2. The molecule has 8 heteroatoms. The Kier molecular flexibility index (Phi) is 6.81. The van der Waals surface area contributed by atoms with Crippen molar-refractivity contribution in [3.8, 4) is 11.5 Å². The lowest BCUT2D eigenvalue weighted by atomic mass is 10.2. The van der Waals surface area contributed by atoms with Crippen LogP contribution in [0.3, 0.4) is 0 Å². The van der Waals surface area contributed by atoms with Crippen LogP contribution < -0.4 is 19.1 Å². The zero-order valence-corrected chi connectivity index (χ0v) is 18.3. The van der Waals surface area contributed by atoms with Crippen LogP contribution in [0, 0.1) is 6.92 Å². The van der Waals surface area contributed by atoms with Crippen LogP contribution in [-0.2, 0) is 14.8 Å². The van der Waals surface area contributed by atoms with Crippen LogP contribution in [0.2, 0.25) is 0 Å². The van der Waals surface area contributed by atoms with E-state index in [-0.39, 0.29) is 4.90 Å². The van der Waals surface area contributed by atoms with Crippen LogP contribution in [-0.4, -0.2) is 35.1 Å². The Balaban J connectivity index is 1.95. The lowest BCUT2D eigenvalue weighted by molar-refractivity contribution is -0.114. The summed E-state index contributed by atoms with van der Waals surface area (Å²) < 4.78 is 38.3. The molecule has 0 fully saturated rings. The summed E-state index contributed by atoms with van der Waals surface area (Å²) in [5.41, 5.74) is 1.73. The highest BCUT2D eigenvalue weighted by Crippen LogP contribution is 2.27. The molecule has 0 aliphatic heterocycles. The van der Waals surface area contributed by atoms with E-state index < -0.39 is 22.5 Å². The number of sulfonamides is 1. The Hall–Kier alpha value is -3.52. The van der Waals surface area contributed by atoms with Crippen molar-refractivity contribution in [2.45, 2.75) is 11.8 Å². The minimum absolute atomic E-state index is 0.0963. The second-order valence-electron chi connectivity index (χ2n) is 6.77. The first kappa shape index (κ1) is 22.2. The van der Waals surface area contributed by atoms with Crippen molar-refractivity contribution < 1.29 is 22.7 Å². The summed E-state index contributed by atoms with van der Waals surface area (Å²) in [6.07, 6.45) is 0. The fourth-order valence-corrected chi connectivity index (χ4v) is 4.39. The quantitative estimate of drug-likeness (QED) is 0.575. The molecule has 162 valence electrons. The standard InChI is InChI=1S/C23H24N2O5S/c1-17-8-14-20(15-9-17)31(27,28)25(18-10-12-19(29-2)13-11-18)16-23(26)24-21-6-4-5-7-22(21)30-3/h4-15H,16H2,1-3H3,(H,24,26). The molecule has 1 amide bonds. The van der Waals surface area contributed by atoms with Crippen LogP contribution in [0.5, 0.6) is 11.5 Å². The number of rotatable bonds is 8. The lowest BCUT2D eigenvalue weighted by Crippen LogP contribution is -2.38. The largest absolute Gasteiger partial charge is 0.497 e. The van der Waals surface area contributed by atoms with E-state index in [4.69, 9.17) is 9.47 Å². The Bertz CT molecular complexity index is 1140. The number of carbonyl (C=O) groups is 1. The van der Waals surface area contributed by atoms with Crippen LogP contribution in [0.15, 0.2) is 77.7 Å². The number of aryl methyl sites for hydroxylation is 1. The van der Waals surface area contributed by atoms with E-state index in [1.807, 2.05) is 6.92 Å². The highest BCUT2D eigenvalue weighted by atomic mass is 32.2. The van der Waals surface area contributed by atoms with Crippen molar-refractivity contribution in [2.24, 2.45) is 0 Å². The number of benzene rings is 3. The van der Waals surface area contributed by atoms with Gasteiger partial charge in [0.1, 0.15) is 18.0 Å². The normalized spacial score (nSPS) is 10.9. The van der Waals surface area contributed by atoms with Crippen molar-refractivity contribution >= 4 is 27.3 Å². The zero-order valence-electron chi connectivity index (χ0n) is 17.5. The maximum absolute atomic E-state index is 13.4. The molecule has 0 bridgehead atoms. The van der Waals surface area contributed by atoms with Gasteiger partial charge in [-0.15, -0.1) is 0 Å². The number of methoxy groups -OCH3 is 2. The molecule has 0 unspecified atom stereocenters. The van der Waals surface area contributed by atoms with Crippen LogP contribution in [0.25, 0.3) is 0 Å². The molecule has 7 nitrogen and oxygen atoms in total. The Morgan fingerprint density at radius 2 is 1.55 bits per heavy atom. The molecule has 0 aliphatic carbocycles. The molecule has 0 radical (unpaired) electrons. The molecule has 0 spiro atoms. The Labute approximate surface area is 182 Å². The van der Waals surface area contributed by atoms with Gasteiger partial charge in [0, 0.05) is 0 Å². The van der Waals surface area contributed by atoms with Gasteiger partial charge in [0.05, 0.1) is 30.5 Å². The lowest BCUT2D eigenvalue weighted by Gasteiger charge is -2.24. The second kappa shape index (κ2) is 9.53. The maximum Gasteiger partial charge on any atom is 0.264 e. The highest BCUT2D eigenvalue weighted by molar-refractivity contribution is 7.92. The molecule has 3 rings (SSSR count). The number of anilines is 2. The van der Waals surface area contributed by atoms with Gasteiger partial charge in [-0.25, -0.2) is 8.42 Å². The molecule has 1 N–H and O–H groups in total. The van der Waals surface area contributed by atoms with Gasteiger partial charge in [0.2, 0.25) is 5.91 Å². The Morgan fingerprint density at radius 1 is 0.903 bits per heavy atom. The van der Waals surface area contributed by atoms with Gasteiger partial charge in [0.15, 0.2) is 0 Å². The van der Waals surface area contributed by atoms with E-state index in [2.05, 4.69) is 5.32 Å². The van der Waals surface area contributed by atoms with Gasteiger partial charge in [-0.05, 0) is 55.5 Å². The van der Waals surface area contributed by atoms with Crippen molar-refractivity contribution in [3.63, 3.8) is 0 Å². The summed E-state index contributed by atoms with van der Waals surface area (Å²) in [6.45, 7) is 1.46. The van der Waals surface area contributed by atoms with E-state index in [0.717, 1.165) is 9.87 Å². The smallest absolute Gasteiger partial charge is 0.264 e. The van der Waals surface area contributed by atoms with E-state index in [1.165, 1.54) is 26.4 Å². The van der Waals surface area contributed by atoms with Crippen LogP contribution in [0.4, 0.5) is 11.4 Å². The summed E-state index contributed by atoms with van der Waals surface area (Å²) in [4.78, 5) is 12.9. The van der Waals surface area contributed by atoms with E-state index in [1.54, 1.807) is 60.7 Å². The molecule has 0 aliphatic rings. The van der Waals surface area contributed by atoms with Gasteiger partial charge in [-0.1, -0.05) is 29.8 Å². The maximum atomic E-state index is 13.4. The molecule has 0 heterocycles. The summed E-state index contributed by atoms with van der Waals surface area (Å²) in [5, 5.41) is 2.72. The first-order valence-corrected chi connectivity index (χ1v) is 11.0. The monoisotopic (exact) mass is 440 g/mol. The molecule has 31 heavy (non-hydrogen) atoms. The molecule has 0 aromatic heterocycles. The SMILES string of the molecule is COc1ccc(N(CC(=O)Nc2ccccc2OC)S(=O)(=O)c2ccc(C)cc2)cc1. The third kappa shape index (κ3) is 5.16. The number of hydrogen-bond donors (Lipinski definition) is 1. The third-order valence-corrected chi connectivity index (χ3v) is 6.43. The third-order valence-electron chi connectivity index (χ3n) is 4.64. The highest BCUT2D eigenvalue weighted by Gasteiger charge is 2.27. The fraction of sp³-hybridized carbons (Fsp3) is 0.174. The van der Waals surface area contributed by atoms with Crippen LogP contribution in [0.1, 0.15) is 5.56 Å². The number of hydrogen-bond acceptors (Lipinski definition) is 5. The second-order valence-corrected chi connectivity index (χ2v) is 8.63. The van der Waals surface area contributed by atoms with Gasteiger partial charge >= 0.3 is 0 Å². The van der Waals surface area contributed by atoms with Crippen molar-refractivity contribution in [3.05, 3.63) is 78.4 Å². The van der Waals surface area contributed by atoms with E-state index in [9.17, 15) is 13.2 Å². The van der Waals surface area contributed by atoms with Gasteiger partial charge in [-0.2, -0.15) is 0 Å². The summed E-state index contributed by atoms with van der Waals surface area (Å²) in [5.74, 6) is 0.555. The predicted octanol–water partition coefficient (Wildman–Crippen LogP) is 3.85. The van der Waals surface area contributed by atoms with E-state index >= 15 is 0 Å².